The molecular formula is C27H35N3O2. The molecule has 1 saturated heterocycles. The van der Waals surface area contributed by atoms with Crippen molar-refractivity contribution in [3.63, 3.8) is 0 Å². The van der Waals surface area contributed by atoms with Gasteiger partial charge in [-0.3, -0.25) is 4.79 Å². The smallest absolute Gasteiger partial charge is 0.223 e. The first-order valence-electron chi connectivity index (χ1n) is 11.6. The Balaban J connectivity index is 1.60. The molecule has 1 atom stereocenters. The molecule has 0 radical (unpaired) electrons. The van der Waals surface area contributed by atoms with Gasteiger partial charge in [0.1, 0.15) is 18.2 Å². The van der Waals surface area contributed by atoms with E-state index in [0.29, 0.717) is 32.0 Å². The number of carbonyl (C=O) groups is 1. The van der Waals surface area contributed by atoms with Crippen LogP contribution in [0.2, 0.25) is 0 Å². The van der Waals surface area contributed by atoms with Crippen molar-refractivity contribution in [2.24, 2.45) is 0 Å². The topological polar surface area (TPSA) is 47.4 Å². The van der Waals surface area contributed by atoms with Crippen molar-refractivity contribution < 1.29 is 9.53 Å². The lowest BCUT2D eigenvalue weighted by molar-refractivity contribution is -0.131. The maximum atomic E-state index is 12.7. The first kappa shape index (κ1) is 22.4. The zero-order valence-electron chi connectivity index (χ0n) is 20.2. The summed E-state index contributed by atoms with van der Waals surface area (Å²) in [6.45, 7) is 14.7. The van der Waals surface area contributed by atoms with E-state index in [-0.39, 0.29) is 17.4 Å². The fraction of sp³-hybridized carbons (Fsp3) is 0.481. The summed E-state index contributed by atoms with van der Waals surface area (Å²) in [6, 6.07) is 14.6. The molecule has 0 saturated carbocycles. The Morgan fingerprint density at radius 2 is 1.91 bits per heavy atom. The second-order valence-electron chi connectivity index (χ2n) is 10.2. The standard InChI is InChI=1S/C27H35N3O2/c1-18(2)21-12-11-19(3)15-24(21)32-14-13-29-23-10-8-7-9-22(23)28-26(29)20-16-25(31)30(17-20)27(4,5)6/h7-12,15,18,20H,13-14,16-17H2,1-6H3. The number of nitrogens with zero attached hydrogens (tertiary/aromatic N) is 3. The number of fused-ring (bicyclic) bond motifs is 1. The molecule has 170 valence electrons. The molecule has 0 aliphatic carbocycles. The highest BCUT2D eigenvalue weighted by atomic mass is 16.5. The molecular weight excluding hydrogens is 398 g/mol. The highest BCUT2D eigenvalue weighted by Crippen LogP contribution is 2.34. The lowest BCUT2D eigenvalue weighted by Crippen LogP contribution is -2.42. The molecule has 4 rings (SSSR count). The number of carbonyl (C=O) groups excluding carboxylic acids is 1. The average molecular weight is 434 g/mol. The van der Waals surface area contributed by atoms with Crippen molar-refractivity contribution in [2.45, 2.75) is 71.9 Å². The van der Waals surface area contributed by atoms with Crippen LogP contribution >= 0.6 is 0 Å². The van der Waals surface area contributed by atoms with Crippen LogP contribution in [0.3, 0.4) is 0 Å². The molecule has 1 unspecified atom stereocenters. The van der Waals surface area contributed by atoms with Gasteiger partial charge in [-0.25, -0.2) is 4.98 Å². The Morgan fingerprint density at radius 1 is 1.16 bits per heavy atom. The molecule has 5 heteroatoms. The number of amides is 1. The lowest BCUT2D eigenvalue weighted by Gasteiger charge is -2.32. The van der Waals surface area contributed by atoms with E-state index in [1.54, 1.807) is 0 Å². The van der Waals surface area contributed by atoms with Crippen molar-refractivity contribution >= 4 is 16.9 Å². The lowest BCUT2D eigenvalue weighted by atomic mass is 10.0. The van der Waals surface area contributed by atoms with Crippen molar-refractivity contribution in [3.8, 4) is 5.75 Å². The summed E-state index contributed by atoms with van der Waals surface area (Å²) in [5, 5.41) is 0. The molecule has 1 aromatic heterocycles. The van der Waals surface area contributed by atoms with Gasteiger partial charge in [0.2, 0.25) is 5.91 Å². The highest BCUT2D eigenvalue weighted by molar-refractivity contribution is 5.81. The largest absolute Gasteiger partial charge is 0.491 e. The molecule has 0 bridgehead atoms. The molecule has 0 N–H and O–H groups in total. The van der Waals surface area contributed by atoms with Gasteiger partial charge in [-0.2, -0.15) is 0 Å². The molecule has 5 nitrogen and oxygen atoms in total. The van der Waals surface area contributed by atoms with Gasteiger partial charge in [-0.15, -0.1) is 0 Å². The molecule has 2 heterocycles. The van der Waals surface area contributed by atoms with Gasteiger partial charge >= 0.3 is 0 Å². The second-order valence-corrected chi connectivity index (χ2v) is 10.2. The van der Waals surface area contributed by atoms with Crippen LogP contribution in [0.15, 0.2) is 42.5 Å². The van der Waals surface area contributed by atoms with Crippen LogP contribution in [0.5, 0.6) is 5.75 Å². The SMILES string of the molecule is Cc1ccc(C(C)C)c(OCCn2c(C3CC(=O)N(C(C)(C)C)C3)nc3ccccc32)c1. The summed E-state index contributed by atoms with van der Waals surface area (Å²) in [5.41, 5.74) is 4.33. The van der Waals surface area contributed by atoms with Crippen molar-refractivity contribution in [2.75, 3.05) is 13.2 Å². The number of imidazole rings is 1. The summed E-state index contributed by atoms with van der Waals surface area (Å²) < 4.78 is 8.54. The van der Waals surface area contributed by atoms with Gasteiger partial charge in [0.15, 0.2) is 0 Å². The summed E-state index contributed by atoms with van der Waals surface area (Å²) >= 11 is 0. The van der Waals surface area contributed by atoms with Gasteiger partial charge in [0, 0.05) is 24.4 Å². The zero-order valence-corrected chi connectivity index (χ0v) is 20.2. The van der Waals surface area contributed by atoms with Gasteiger partial charge in [0.25, 0.3) is 0 Å². The minimum Gasteiger partial charge on any atom is -0.491 e. The van der Waals surface area contributed by atoms with E-state index >= 15 is 0 Å². The molecule has 3 aromatic rings. The maximum absolute atomic E-state index is 12.7. The van der Waals surface area contributed by atoms with Gasteiger partial charge < -0.3 is 14.2 Å². The van der Waals surface area contributed by atoms with Crippen molar-refractivity contribution in [1.29, 1.82) is 0 Å². The molecule has 1 amide bonds. The third-order valence-corrected chi connectivity index (χ3v) is 6.35. The van der Waals surface area contributed by atoms with Crippen LogP contribution in [0, 0.1) is 6.92 Å². The molecule has 0 spiro atoms. The van der Waals surface area contributed by atoms with E-state index < -0.39 is 0 Å². The second kappa shape index (κ2) is 8.61. The summed E-state index contributed by atoms with van der Waals surface area (Å²) in [6.07, 6.45) is 0.511. The van der Waals surface area contributed by atoms with Gasteiger partial charge in [-0.1, -0.05) is 38.1 Å². The molecule has 32 heavy (non-hydrogen) atoms. The van der Waals surface area contributed by atoms with Crippen molar-refractivity contribution in [1.82, 2.24) is 14.5 Å². The number of benzene rings is 2. The van der Waals surface area contributed by atoms with Crippen LogP contribution in [0.1, 0.15) is 69.8 Å². The number of aryl methyl sites for hydroxylation is 1. The quantitative estimate of drug-likeness (QED) is 0.504. The number of likely N-dealkylation sites (tertiary alicyclic amines) is 1. The number of hydrogen-bond donors (Lipinski definition) is 0. The van der Waals surface area contributed by atoms with Gasteiger partial charge in [0.05, 0.1) is 17.6 Å². The number of ether oxygens (including phenoxy) is 1. The molecule has 1 fully saturated rings. The minimum atomic E-state index is -0.176. The van der Waals surface area contributed by atoms with E-state index in [4.69, 9.17) is 9.72 Å². The van der Waals surface area contributed by atoms with E-state index in [1.165, 1.54) is 11.1 Å². The van der Waals surface area contributed by atoms with Crippen LogP contribution in [0.25, 0.3) is 11.0 Å². The predicted molar refractivity (Wildman–Crippen MR) is 129 cm³/mol. The Hall–Kier alpha value is -2.82. The summed E-state index contributed by atoms with van der Waals surface area (Å²) in [4.78, 5) is 19.7. The highest BCUT2D eigenvalue weighted by Gasteiger charge is 2.39. The third-order valence-electron chi connectivity index (χ3n) is 6.35. The van der Waals surface area contributed by atoms with Gasteiger partial charge in [-0.05, 0) is 62.9 Å². The average Bonchev–Trinajstić information content (AvgIpc) is 3.28. The van der Waals surface area contributed by atoms with E-state index in [2.05, 4.69) is 70.4 Å². The first-order valence-corrected chi connectivity index (χ1v) is 11.6. The molecule has 2 aromatic carbocycles. The van der Waals surface area contributed by atoms with Crippen LogP contribution < -0.4 is 4.74 Å². The summed E-state index contributed by atoms with van der Waals surface area (Å²) in [7, 11) is 0. The number of rotatable bonds is 6. The fourth-order valence-electron chi connectivity index (χ4n) is 4.66. The Kier molecular flexibility index (Phi) is 6.02. The minimum absolute atomic E-state index is 0.0966. The fourth-order valence-corrected chi connectivity index (χ4v) is 4.66. The Labute approximate surface area is 191 Å². The van der Waals surface area contributed by atoms with Crippen LogP contribution in [-0.2, 0) is 11.3 Å². The van der Waals surface area contributed by atoms with E-state index in [9.17, 15) is 4.79 Å². The number of para-hydroxylation sites is 2. The Morgan fingerprint density at radius 3 is 2.59 bits per heavy atom. The third kappa shape index (κ3) is 4.38. The summed E-state index contributed by atoms with van der Waals surface area (Å²) in [5.74, 6) is 2.66. The van der Waals surface area contributed by atoms with E-state index in [1.807, 2.05) is 23.1 Å². The van der Waals surface area contributed by atoms with Crippen LogP contribution in [0.4, 0.5) is 0 Å². The maximum Gasteiger partial charge on any atom is 0.223 e. The van der Waals surface area contributed by atoms with Crippen molar-refractivity contribution in [3.05, 3.63) is 59.4 Å². The monoisotopic (exact) mass is 433 g/mol. The Bertz CT molecular complexity index is 1120. The zero-order chi connectivity index (χ0) is 23.0. The van der Waals surface area contributed by atoms with E-state index in [0.717, 1.165) is 22.6 Å². The predicted octanol–water partition coefficient (Wildman–Crippen LogP) is 5.66. The first-order chi connectivity index (χ1) is 15.1. The van der Waals surface area contributed by atoms with Crippen LogP contribution in [-0.4, -0.2) is 39.0 Å². The molecule has 1 aliphatic heterocycles. The molecule has 1 aliphatic rings. The number of aromatic nitrogens is 2. The normalized spacial score (nSPS) is 17.0. The number of hydrogen-bond acceptors (Lipinski definition) is 3.